The van der Waals surface area contributed by atoms with Crippen molar-refractivity contribution in [3.05, 3.63) is 263 Å². The molecule has 0 amide bonds. The molecule has 0 aliphatic carbocycles. The lowest BCUT2D eigenvalue weighted by Crippen LogP contribution is -2.16. The fourth-order valence-electron chi connectivity index (χ4n) is 8.75. The number of phenolic OH excluding ortho intramolecular Hbond substituents is 1. The number of rotatable bonds is 20. The summed E-state index contributed by atoms with van der Waals surface area (Å²) in [6.45, 7) is 0.854. The first kappa shape index (κ1) is 93.2. The Labute approximate surface area is 667 Å². The Kier molecular flexibility index (Phi) is 37.3. The number of sulfonamides is 3. The van der Waals surface area contributed by atoms with Crippen LogP contribution in [-0.4, -0.2) is 86.6 Å². The Bertz CT molecular complexity index is 5540. The molecule has 0 saturated carbocycles. The van der Waals surface area contributed by atoms with E-state index in [1.165, 1.54) is 72.8 Å². The smallest absolute Gasteiger partial charge is 0.263 e. The number of halogens is 4. The average molecular weight is 1640 g/mol. The summed E-state index contributed by atoms with van der Waals surface area (Å²) >= 11 is 23.5. The first-order chi connectivity index (χ1) is 50.5. The molecule has 10 aromatic carbocycles. The van der Waals surface area contributed by atoms with Gasteiger partial charge in [-0.2, -0.15) is 10.5 Å². The molecule has 0 aliphatic rings. The van der Waals surface area contributed by atoms with Crippen molar-refractivity contribution < 1.29 is 44.6 Å². The van der Waals surface area contributed by atoms with E-state index in [1.54, 1.807) is 152 Å². The molecule has 3 heterocycles. The van der Waals surface area contributed by atoms with Crippen LogP contribution in [0.25, 0.3) is 33.1 Å². The van der Waals surface area contributed by atoms with Gasteiger partial charge in [0.25, 0.3) is 30.1 Å². The predicted octanol–water partition coefficient (Wildman–Crippen LogP) is 18.6. The highest BCUT2D eigenvalue weighted by molar-refractivity contribution is 7.93. The molecule has 12 N–H and O–H groups in total. The number of aromatic hydroxyl groups is 1. The second-order valence-electron chi connectivity index (χ2n) is 21.3. The maximum atomic E-state index is 12.9. The number of fused-ring (bicyclic) bond motifs is 3. The molecule has 0 bridgehead atoms. The highest BCUT2D eigenvalue weighted by Gasteiger charge is 2.22. The molecule has 33 heteroatoms. The second-order valence-corrected chi connectivity index (χ2v) is 28.1. The molecule has 0 unspecified atom stereocenters. The van der Waals surface area contributed by atoms with Gasteiger partial charge in [-0.1, -0.05) is 127 Å². The second kappa shape index (κ2) is 44.4. The summed E-state index contributed by atoms with van der Waals surface area (Å²) in [4.78, 5) is 26.5. The number of hydrogen-bond donors (Lipinski definition) is 9. The summed E-state index contributed by atoms with van der Waals surface area (Å²) in [6, 6.07) is 69.9. The molecule has 582 valence electrons. The predicted molar refractivity (Wildman–Crippen MR) is 450 cm³/mol. The van der Waals surface area contributed by atoms with E-state index in [2.05, 4.69) is 54.7 Å². The number of hydrogen-bond acceptors (Lipinski definition) is 23. The first-order valence-electron chi connectivity index (χ1n) is 30.7. The van der Waals surface area contributed by atoms with Crippen LogP contribution in [-0.2, 0) is 30.1 Å². The minimum atomic E-state index is -3.93. The Morgan fingerprint density at radius 1 is 0.360 bits per heavy atom. The van der Waals surface area contributed by atoms with Crippen molar-refractivity contribution in [2.75, 3.05) is 62.6 Å². The third kappa shape index (κ3) is 27.9. The maximum absolute atomic E-state index is 12.9. The molecular formula is C78H84Cl4N16O10S3. The van der Waals surface area contributed by atoms with Crippen LogP contribution in [0.15, 0.2) is 257 Å². The minimum absolute atomic E-state index is 0. The van der Waals surface area contributed by atoms with E-state index in [1.807, 2.05) is 30.3 Å². The molecule has 0 atom stereocenters. The van der Waals surface area contributed by atoms with Crippen LogP contribution in [0, 0.1) is 22.7 Å². The summed E-state index contributed by atoms with van der Waals surface area (Å²) in [6.07, 6.45) is 0. The van der Waals surface area contributed by atoms with Gasteiger partial charge in [-0.15, -0.1) is 0 Å². The lowest BCUT2D eigenvalue weighted by Gasteiger charge is -2.14. The van der Waals surface area contributed by atoms with E-state index in [0.29, 0.717) is 101 Å². The van der Waals surface area contributed by atoms with Crippen LogP contribution in [0.3, 0.4) is 0 Å². The van der Waals surface area contributed by atoms with E-state index in [-0.39, 0.29) is 112 Å². The van der Waals surface area contributed by atoms with Gasteiger partial charge in [0.15, 0.2) is 47.5 Å². The number of ether oxygens (including phenoxy) is 3. The lowest BCUT2D eigenvalue weighted by atomic mass is 10.3. The monoisotopic (exact) mass is 1640 g/mol. The van der Waals surface area contributed by atoms with Gasteiger partial charge in [0, 0.05) is 44.4 Å². The first-order valence-corrected chi connectivity index (χ1v) is 36.7. The van der Waals surface area contributed by atoms with Crippen molar-refractivity contribution in [3.63, 3.8) is 0 Å². The Morgan fingerprint density at radius 3 is 0.937 bits per heavy atom. The van der Waals surface area contributed by atoms with Crippen molar-refractivity contribution in [2.45, 2.75) is 59.2 Å². The third-order valence-corrected chi connectivity index (χ3v) is 18.8. The van der Waals surface area contributed by atoms with Crippen LogP contribution in [0.2, 0.25) is 20.2 Å². The number of anilines is 9. The molecule has 0 radical (unpaired) electrons. The summed E-state index contributed by atoms with van der Waals surface area (Å²) in [5, 5.41) is 33.0. The molecule has 13 rings (SSSR count). The zero-order valence-electron chi connectivity index (χ0n) is 54.6. The molecular weight excluding hydrogens is 1560 g/mol. The van der Waals surface area contributed by atoms with Crippen molar-refractivity contribution in [2.24, 2.45) is 5.73 Å². The molecule has 0 fully saturated rings. The zero-order chi connectivity index (χ0) is 74.9. The molecule has 111 heavy (non-hydrogen) atoms. The Hall–Kier alpha value is -12.0. The van der Waals surface area contributed by atoms with Crippen LogP contribution in [0.4, 0.5) is 51.8 Å². The van der Waals surface area contributed by atoms with Gasteiger partial charge in [-0.25, -0.2) is 55.2 Å². The van der Waals surface area contributed by atoms with Crippen LogP contribution < -0.4 is 56.2 Å². The largest absolute Gasteiger partial charge is 0.508 e. The number of nitrogens with zero attached hydrogens (tertiary/aromatic N) is 8. The van der Waals surface area contributed by atoms with Crippen LogP contribution in [0.1, 0.15) is 44.6 Å². The van der Waals surface area contributed by atoms with E-state index in [9.17, 15) is 25.3 Å². The molecule has 0 aliphatic heterocycles. The molecule has 13 aromatic rings. The number of para-hydroxylation sites is 6. The average Bonchev–Trinajstić information content (AvgIpc) is 0.810. The number of aromatic nitrogens is 6. The number of nitriles is 2. The minimum Gasteiger partial charge on any atom is -0.508 e. The quantitative estimate of drug-likeness (QED) is 0.0253. The molecule has 26 nitrogen and oxygen atoms in total. The summed E-state index contributed by atoms with van der Waals surface area (Å²) in [5.74, 6) is 2.71. The van der Waals surface area contributed by atoms with Crippen LogP contribution >= 0.6 is 46.4 Å². The number of nitrogen functional groups attached to an aromatic ring is 2. The summed E-state index contributed by atoms with van der Waals surface area (Å²) in [5.41, 5.74) is 22.3. The highest BCUT2D eigenvalue weighted by Crippen LogP contribution is 2.32. The Morgan fingerprint density at radius 2 is 0.631 bits per heavy atom. The molecule has 0 spiro atoms. The van der Waals surface area contributed by atoms with Crippen molar-refractivity contribution >= 4 is 161 Å². The topological polar surface area (TPSA) is 413 Å². The number of phenols is 1. The van der Waals surface area contributed by atoms with Gasteiger partial charge in [0.2, 0.25) is 0 Å². The van der Waals surface area contributed by atoms with Crippen LogP contribution in [0.5, 0.6) is 23.0 Å². The number of benzene rings is 10. The van der Waals surface area contributed by atoms with Gasteiger partial charge in [0.1, 0.15) is 41.7 Å². The van der Waals surface area contributed by atoms with Gasteiger partial charge in [-0.05, 0) is 206 Å². The van der Waals surface area contributed by atoms with Gasteiger partial charge in [-0.3, -0.25) is 14.2 Å². The standard InChI is InChI=1S/C22H20ClN5O3S.C22H16ClN5O3S.C14H9Cl2N3O2S.C8H8N2O.C6H7NO.6CH4/c2*23-15-5-11-18(12-6-15)32(29,30)28-22-21(26-19-3-1-2-4-20(19)27-22)25-16-7-9-17(10-8-16)31-14-13-24;15-9-5-7-10(8-6-9)22(20,21)19-14-13(16)17-11-3-1-2-4-12(11)18-14;9-5-6-11-8-3-1-7(10)2-4-8;7-5-1-3-6(8)4-2-5;;;;;;/h1-12H,13-14,24H2,(H,25,26)(H,27,28);1-12H,14H2,(H,25,26)(H,27,28);1-8H,(H,18,19);1-4H,6,10H2;1-4,8H,7H2;6*1H4. The van der Waals surface area contributed by atoms with Crippen molar-refractivity contribution in [3.8, 4) is 35.1 Å². The normalized spacial score (nSPS) is 10.2. The highest BCUT2D eigenvalue weighted by atomic mass is 35.5. The maximum Gasteiger partial charge on any atom is 0.263 e. The summed E-state index contributed by atoms with van der Waals surface area (Å²) < 4.78 is 99.4. The van der Waals surface area contributed by atoms with E-state index >= 15 is 0 Å². The third-order valence-electron chi connectivity index (χ3n) is 13.7. The summed E-state index contributed by atoms with van der Waals surface area (Å²) in [7, 11) is -11.7. The van der Waals surface area contributed by atoms with Gasteiger partial charge < -0.3 is 47.2 Å². The molecule has 0 saturated heterocycles. The van der Waals surface area contributed by atoms with Gasteiger partial charge in [0.05, 0.1) is 47.8 Å². The fraction of sp³-hybridized carbons (Fsp3) is 0.128. The molecule has 3 aromatic heterocycles. The lowest BCUT2D eigenvalue weighted by molar-refractivity contribution is 0.328. The van der Waals surface area contributed by atoms with Gasteiger partial charge >= 0.3 is 0 Å². The van der Waals surface area contributed by atoms with E-state index < -0.39 is 30.1 Å². The van der Waals surface area contributed by atoms with E-state index in [0.717, 1.165) is 0 Å². The Balaban J connectivity index is 0.000000380. The number of nitrogens with two attached hydrogens (primary N) is 3. The zero-order valence-corrected chi connectivity index (χ0v) is 60.1. The SMILES string of the molecule is C.C.C.C.C.C.N#CCOc1ccc(N)cc1.N#CCOc1ccc(Nc2nc3ccccc3nc2NS(=O)(=O)c2ccc(Cl)cc2)cc1.NCCOc1ccc(Nc2nc3ccccc3nc2NS(=O)(=O)c2ccc(Cl)cc2)cc1.Nc1ccc(O)cc1.O=S(=O)(Nc1nc2ccccc2nc1Cl)c1ccc(Cl)cc1. The van der Waals surface area contributed by atoms with E-state index in [4.69, 9.17) is 93.4 Å². The van der Waals surface area contributed by atoms with Crippen molar-refractivity contribution in [1.82, 2.24) is 29.9 Å². The van der Waals surface area contributed by atoms with Crippen molar-refractivity contribution in [1.29, 1.82) is 10.5 Å². The number of nitrogens with one attached hydrogen (secondary N) is 5. The fourth-order valence-corrected chi connectivity index (χ4v) is 12.4.